The molecule has 42 heavy (non-hydrogen) atoms. The zero-order chi connectivity index (χ0) is 28.9. The Labute approximate surface area is 248 Å². The molecule has 0 bridgehead atoms. The molecule has 1 fully saturated rings. The fourth-order valence-electron chi connectivity index (χ4n) is 6.25. The highest BCUT2D eigenvalue weighted by Crippen LogP contribution is 2.31. The van der Waals surface area contributed by atoms with E-state index >= 15 is 0 Å². The number of aryl methyl sites for hydroxylation is 2. The third-order valence-corrected chi connectivity index (χ3v) is 8.45. The molecule has 1 atom stereocenters. The molecule has 0 spiro atoms. The summed E-state index contributed by atoms with van der Waals surface area (Å²) >= 11 is 0. The predicted molar refractivity (Wildman–Crippen MR) is 170 cm³/mol. The van der Waals surface area contributed by atoms with Crippen LogP contribution in [0.25, 0.3) is 0 Å². The third-order valence-electron chi connectivity index (χ3n) is 8.45. The maximum Gasteiger partial charge on any atom is 0.246 e. The lowest BCUT2D eigenvalue weighted by atomic mass is 10.0. The first-order valence-corrected chi connectivity index (χ1v) is 15.1. The molecule has 1 aliphatic carbocycles. The number of anilines is 4. The summed E-state index contributed by atoms with van der Waals surface area (Å²) in [6.45, 7) is 5.05. The third kappa shape index (κ3) is 5.95. The topological polar surface area (TPSA) is 55.9 Å². The molecule has 1 aliphatic heterocycles. The lowest BCUT2D eigenvalue weighted by molar-refractivity contribution is -0.121. The quantitative estimate of drug-likeness (QED) is 0.260. The maximum absolute atomic E-state index is 13.8. The van der Waals surface area contributed by atoms with E-state index in [9.17, 15) is 9.59 Å². The standard InChI is InChI=1S/C36H38N4O2/c1-2-34(41)40(32-14-7-4-8-15-32)33-20-18-31(19-21-33)38-22-24-39(25-23-38)35(28-10-5-3-6-11-28)36(42)37-30-17-16-27-12-9-13-29(27)26-30/h3-8,10-11,14-21,26,35H,2,9,12-13,22-25H2,1H3,(H,37,42). The second-order valence-corrected chi connectivity index (χ2v) is 11.1. The van der Waals surface area contributed by atoms with Crippen LogP contribution in [0.4, 0.5) is 22.7 Å². The molecular weight excluding hydrogens is 520 g/mol. The van der Waals surface area contributed by atoms with Crippen molar-refractivity contribution in [2.24, 2.45) is 0 Å². The minimum Gasteiger partial charge on any atom is -0.369 e. The number of para-hydroxylation sites is 1. The van der Waals surface area contributed by atoms with E-state index < -0.39 is 0 Å². The van der Waals surface area contributed by atoms with E-state index in [0.29, 0.717) is 6.42 Å². The van der Waals surface area contributed by atoms with Gasteiger partial charge in [-0.3, -0.25) is 19.4 Å². The van der Waals surface area contributed by atoms with Crippen molar-refractivity contribution in [3.05, 3.63) is 120 Å². The molecule has 4 aromatic rings. The minimum absolute atomic E-state index is 0.0125. The molecule has 6 heteroatoms. The summed E-state index contributed by atoms with van der Waals surface area (Å²) in [6, 6.07) is 34.1. The molecule has 0 saturated carbocycles. The minimum atomic E-state index is -0.358. The monoisotopic (exact) mass is 558 g/mol. The summed E-state index contributed by atoms with van der Waals surface area (Å²) in [4.78, 5) is 33.0. The van der Waals surface area contributed by atoms with Crippen LogP contribution in [0.2, 0.25) is 0 Å². The smallest absolute Gasteiger partial charge is 0.246 e. The summed E-state index contributed by atoms with van der Waals surface area (Å²) in [5.74, 6) is 0.0752. The highest BCUT2D eigenvalue weighted by molar-refractivity contribution is 6.00. The van der Waals surface area contributed by atoms with Crippen molar-refractivity contribution in [2.45, 2.75) is 38.6 Å². The van der Waals surface area contributed by atoms with Gasteiger partial charge in [-0.2, -0.15) is 0 Å². The van der Waals surface area contributed by atoms with Crippen LogP contribution in [0, 0.1) is 0 Å². The van der Waals surface area contributed by atoms with E-state index in [1.54, 1.807) is 4.90 Å². The van der Waals surface area contributed by atoms with Crippen molar-refractivity contribution in [1.29, 1.82) is 0 Å². The number of fused-ring (bicyclic) bond motifs is 1. The van der Waals surface area contributed by atoms with Crippen molar-refractivity contribution in [1.82, 2.24) is 4.90 Å². The van der Waals surface area contributed by atoms with Gasteiger partial charge >= 0.3 is 0 Å². The fraction of sp³-hybridized carbons (Fsp3) is 0.278. The van der Waals surface area contributed by atoms with E-state index in [0.717, 1.165) is 67.3 Å². The number of hydrogen-bond acceptors (Lipinski definition) is 4. The number of hydrogen-bond donors (Lipinski definition) is 1. The fourth-order valence-corrected chi connectivity index (χ4v) is 6.25. The highest BCUT2D eigenvalue weighted by Gasteiger charge is 2.31. The SMILES string of the molecule is CCC(=O)N(c1ccccc1)c1ccc(N2CCN(C(C(=O)Nc3ccc4c(c3)CCC4)c3ccccc3)CC2)cc1. The van der Waals surface area contributed by atoms with Crippen LogP contribution in [-0.4, -0.2) is 42.9 Å². The maximum atomic E-state index is 13.8. The van der Waals surface area contributed by atoms with E-state index in [-0.39, 0.29) is 17.9 Å². The van der Waals surface area contributed by atoms with Crippen LogP contribution in [0.15, 0.2) is 103 Å². The Bertz CT molecular complexity index is 1510. The zero-order valence-corrected chi connectivity index (χ0v) is 24.2. The molecule has 1 heterocycles. The van der Waals surface area contributed by atoms with Crippen LogP contribution < -0.4 is 15.1 Å². The first kappa shape index (κ1) is 27.7. The molecule has 0 aromatic heterocycles. The second-order valence-electron chi connectivity index (χ2n) is 11.1. The van der Waals surface area contributed by atoms with E-state index in [2.05, 4.69) is 39.4 Å². The van der Waals surface area contributed by atoms with Gasteiger partial charge in [0, 0.05) is 55.3 Å². The summed E-state index contributed by atoms with van der Waals surface area (Å²) in [5.41, 5.74) is 7.51. The Kier molecular flexibility index (Phi) is 8.33. The largest absolute Gasteiger partial charge is 0.369 e. The molecule has 4 aromatic carbocycles. The average Bonchev–Trinajstić information content (AvgIpc) is 3.51. The van der Waals surface area contributed by atoms with Crippen LogP contribution in [0.1, 0.15) is 42.5 Å². The summed E-state index contributed by atoms with van der Waals surface area (Å²) in [6.07, 6.45) is 3.84. The molecule has 1 saturated heterocycles. The molecule has 2 amide bonds. The van der Waals surface area contributed by atoms with Gasteiger partial charge in [-0.05, 0) is 84.5 Å². The number of carbonyl (C=O) groups is 2. The normalized spacial score (nSPS) is 15.6. The lowest BCUT2D eigenvalue weighted by Crippen LogP contribution is -2.50. The highest BCUT2D eigenvalue weighted by atomic mass is 16.2. The average molecular weight is 559 g/mol. The number of nitrogens with zero attached hydrogens (tertiary/aromatic N) is 3. The van der Waals surface area contributed by atoms with Crippen molar-refractivity contribution in [3.8, 4) is 0 Å². The van der Waals surface area contributed by atoms with Gasteiger partial charge in [-0.15, -0.1) is 0 Å². The van der Waals surface area contributed by atoms with Gasteiger partial charge in [0.2, 0.25) is 11.8 Å². The number of benzene rings is 4. The van der Waals surface area contributed by atoms with Gasteiger partial charge < -0.3 is 10.2 Å². The first-order chi connectivity index (χ1) is 20.6. The van der Waals surface area contributed by atoms with Gasteiger partial charge in [-0.25, -0.2) is 0 Å². The molecule has 1 unspecified atom stereocenters. The molecular formula is C36H38N4O2. The number of nitrogens with one attached hydrogen (secondary N) is 1. The molecule has 6 nitrogen and oxygen atoms in total. The van der Waals surface area contributed by atoms with Crippen LogP contribution in [-0.2, 0) is 22.4 Å². The number of rotatable bonds is 8. The Balaban J connectivity index is 1.15. The molecule has 0 radical (unpaired) electrons. The summed E-state index contributed by atoms with van der Waals surface area (Å²) in [7, 11) is 0. The number of carbonyl (C=O) groups excluding carboxylic acids is 2. The van der Waals surface area contributed by atoms with Gasteiger partial charge in [0.25, 0.3) is 0 Å². The van der Waals surface area contributed by atoms with Crippen LogP contribution >= 0.6 is 0 Å². The Morgan fingerprint density at radius 3 is 2.10 bits per heavy atom. The van der Waals surface area contributed by atoms with Crippen molar-refractivity contribution >= 4 is 34.6 Å². The van der Waals surface area contributed by atoms with Crippen LogP contribution in [0.3, 0.4) is 0 Å². The van der Waals surface area contributed by atoms with Gasteiger partial charge in [0.15, 0.2) is 0 Å². The Morgan fingerprint density at radius 2 is 1.40 bits per heavy atom. The van der Waals surface area contributed by atoms with Crippen molar-refractivity contribution in [3.63, 3.8) is 0 Å². The Hall–Kier alpha value is -4.42. The van der Waals surface area contributed by atoms with E-state index in [1.807, 2.05) is 85.8 Å². The number of piperazine rings is 1. The predicted octanol–water partition coefficient (Wildman–Crippen LogP) is 6.75. The van der Waals surface area contributed by atoms with Crippen molar-refractivity contribution < 1.29 is 9.59 Å². The van der Waals surface area contributed by atoms with Gasteiger partial charge in [-0.1, -0.05) is 61.5 Å². The lowest BCUT2D eigenvalue weighted by Gasteiger charge is -2.40. The summed E-state index contributed by atoms with van der Waals surface area (Å²) in [5, 5.41) is 3.23. The first-order valence-electron chi connectivity index (χ1n) is 15.1. The molecule has 214 valence electrons. The number of amides is 2. The second kappa shape index (κ2) is 12.6. The Morgan fingerprint density at radius 1 is 0.762 bits per heavy atom. The molecule has 6 rings (SSSR count). The molecule has 1 N–H and O–H groups in total. The van der Waals surface area contributed by atoms with E-state index in [4.69, 9.17) is 0 Å². The van der Waals surface area contributed by atoms with Crippen LogP contribution in [0.5, 0.6) is 0 Å². The molecule has 2 aliphatic rings. The van der Waals surface area contributed by atoms with Gasteiger partial charge in [0.1, 0.15) is 6.04 Å². The summed E-state index contributed by atoms with van der Waals surface area (Å²) < 4.78 is 0. The van der Waals surface area contributed by atoms with E-state index in [1.165, 1.54) is 17.5 Å². The zero-order valence-electron chi connectivity index (χ0n) is 24.2. The van der Waals surface area contributed by atoms with Gasteiger partial charge in [0.05, 0.1) is 0 Å². The van der Waals surface area contributed by atoms with Crippen molar-refractivity contribution in [2.75, 3.05) is 41.3 Å².